The summed E-state index contributed by atoms with van der Waals surface area (Å²) in [6, 6.07) is 2.87. The Balaban J connectivity index is 2.00. The highest BCUT2D eigenvalue weighted by atomic mass is 19.1. The lowest BCUT2D eigenvalue weighted by molar-refractivity contribution is -0.121. The van der Waals surface area contributed by atoms with Crippen molar-refractivity contribution in [2.24, 2.45) is 5.92 Å². The minimum absolute atomic E-state index is 0.192. The number of carbonyl (C=O) groups excluding carboxylic acids is 2. The van der Waals surface area contributed by atoms with Crippen molar-refractivity contribution in [3.8, 4) is 0 Å². The third-order valence-corrected chi connectivity index (χ3v) is 3.63. The predicted molar refractivity (Wildman–Crippen MR) is 85.5 cm³/mol. The van der Waals surface area contributed by atoms with Crippen LogP contribution < -0.4 is 5.32 Å². The lowest BCUT2D eigenvalue weighted by Gasteiger charge is -2.33. The molecule has 0 saturated carbocycles. The van der Waals surface area contributed by atoms with E-state index in [0.717, 1.165) is 18.2 Å². The fourth-order valence-electron chi connectivity index (χ4n) is 2.51. The second kappa shape index (κ2) is 7.15. The maximum absolute atomic E-state index is 13.6. The zero-order chi connectivity index (χ0) is 17.9. The van der Waals surface area contributed by atoms with Crippen LogP contribution in [-0.4, -0.2) is 35.6 Å². The number of benzene rings is 1. The summed E-state index contributed by atoms with van der Waals surface area (Å²) in [5.41, 5.74) is -0.814. The third-order valence-electron chi connectivity index (χ3n) is 3.63. The van der Waals surface area contributed by atoms with E-state index in [0.29, 0.717) is 19.4 Å². The molecule has 2 amide bonds. The first-order chi connectivity index (χ1) is 11.2. The quantitative estimate of drug-likeness (QED) is 0.896. The van der Waals surface area contributed by atoms with E-state index >= 15 is 0 Å². The van der Waals surface area contributed by atoms with E-state index in [1.165, 1.54) is 4.90 Å². The Bertz CT molecular complexity index is 629. The minimum atomic E-state index is -0.704. The zero-order valence-electron chi connectivity index (χ0n) is 14.1. The Hall–Kier alpha value is -2.18. The standard InChI is InChI=1S/C17H22F2N2O3/c1-17(2,3)24-16(23)21-8-4-5-11(10-21)15(22)20-14-9-12(18)6-7-13(14)19/h6-7,9,11H,4-5,8,10H2,1-3H3,(H,20,22). The van der Waals surface area contributed by atoms with Crippen LogP contribution in [0, 0.1) is 17.6 Å². The molecule has 5 nitrogen and oxygen atoms in total. The number of nitrogens with zero attached hydrogens (tertiary/aromatic N) is 1. The van der Waals surface area contributed by atoms with Gasteiger partial charge in [-0.3, -0.25) is 4.79 Å². The summed E-state index contributed by atoms with van der Waals surface area (Å²) in [6.07, 6.45) is 0.738. The molecule has 1 aromatic rings. The number of piperidine rings is 1. The van der Waals surface area contributed by atoms with E-state index in [9.17, 15) is 18.4 Å². The van der Waals surface area contributed by atoms with Crippen molar-refractivity contribution in [3.05, 3.63) is 29.8 Å². The highest BCUT2D eigenvalue weighted by Crippen LogP contribution is 2.22. The van der Waals surface area contributed by atoms with Crippen LogP contribution in [0.3, 0.4) is 0 Å². The van der Waals surface area contributed by atoms with Crippen LogP contribution in [0.25, 0.3) is 0 Å². The number of carbonyl (C=O) groups is 2. The number of amides is 2. The van der Waals surface area contributed by atoms with Crippen LogP contribution in [0.15, 0.2) is 18.2 Å². The maximum atomic E-state index is 13.6. The number of halogens is 2. The van der Waals surface area contributed by atoms with Gasteiger partial charge in [0, 0.05) is 19.2 Å². The number of ether oxygens (including phenoxy) is 1. The number of nitrogens with one attached hydrogen (secondary N) is 1. The first-order valence-corrected chi connectivity index (χ1v) is 7.89. The van der Waals surface area contributed by atoms with Gasteiger partial charge in [0.15, 0.2) is 0 Å². The summed E-state index contributed by atoms with van der Waals surface area (Å²) in [6.45, 7) is 6.01. The lowest BCUT2D eigenvalue weighted by atomic mass is 9.97. The average molecular weight is 340 g/mol. The first kappa shape index (κ1) is 18.2. The fourth-order valence-corrected chi connectivity index (χ4v) is 2.51. The smallest absolute Gasteiger partial charge is 0.410 e. The Labute approximate surface area is 140 Å². The van der Waals surface area contributed by atoms with Gasteiger partial charge in [-0.05, 0) is 45.7 Å². The summed E-state index contributed by atoms with van der Waals surface area (Å²) in [5, 5.41) is 2.40. The summed E-state index contributed by atoms with van der Waals surface area (Å²) in [5.74, 6) is -2.27. The summed E-state index contributed by atoms with van der Waals surface area (Å²) in [4.78, 5) is 25.9. The molecule has 1 aliphatic rings. The molecule has 7 heteroatoms. The molecule has 0 aliphatic carbocycles. The molecule has 1 N–H and O–H groups in total. The van der Waals surface area contributed by atoms with Crippen molar-refractivity contribution in [3.63, 3.8) is 0 Å². The molecule has 1 aromatic carbocycles. The molecule has 1 fully saturated rings. The van der Waals surface area contributed by atoms with E-state index < -0.39 is 35.2 Å². The van der Waals surface area contributed by atoms with E-state index in [1.54, 1.807) is 20.8 Å². The highest BCUT2D eigenvalue weighted by molar-refractivity contribution is 5.93. The number of hydrogen-bond donors (Lipinski definition) is 1. The first-order valence-electron chi connectivity index (χ1n) is 7.89. The van der Waals surface area contributed by atoms with E-state index in [1.807, 2.05) is 0 Å². The van der Waals surface area contributed by atoms with Gasteiger partial charge in [0.1, 0.15) is 17.2 Å². The van der Waals surface area contributed by atoms with Gasteiger partial charge in [0.05, 0.1) is 11.6 Å². The normalized spacial score (nSPS) is 18.2. The Morgan fingerprint density at radius 2 is 2.00 bits per heavy atom. The van der Waals surface area contributed by atoms with Crippen molar-refractivity contribution in [2.45, 2.75) is 39.2 Å². The van der Waals surface area contributed by atoms with Crippen LogP contribution in [0.1, 0.15) is 33.6 Å². The molecule has 24 heavy (non-hydrogen) atoms. The van der Waals surface area contributed by atoms with E-state index in [4.69, 9.17) is 4.74 Å². The summed E-state index contributed by atoms with van der Waals surface area (Å²) >= 11 is 0. The fraction of sp³-hybridized carbons (Fsp3) is 0.529. The van der Waals surface area contributed by atoms with Gasteiger partial charge in [-0.15, -0.1) is 0 Å². The number of hydrogen-bond acceptors (Lipinski definition) is 3. The Kier molecular flexibility index (Phi) is 5.41. The van der Waals surface area contributed by atoms with Crippen molar-refractivity contribution < 1.29 is 23.1 Å². The van der Waals surface area contributed by atoms with Crippen molar-refractivity contribution in [1.82, 2.24) is 4.90 Å². The van der Waals surface area contributed by atoms with Gasteiger partial charge in [0.25, 0.3) is 0 Å². The molecule has 1 unspecified atom stereocenters. The van der Waals surface area contributed by atoms with Gasteiger partial charge in [-0.1, -0.05) is 0 Å². The molecule has 1 heterocycles. The van der Waals surface area contributed by atoms with Gasteiger partial charge in [-0.25, -0.2) is 13.6 Å². The van der Waals surface area contributed by atoms with Crippen LogP contribution >= 0.6 is 0 Å². The van der Waals surface area contributed by atoms with Crippen LogP contribution in [0.2, 0.25) is 0 Å². The van der Waals surface area contributed by atoms with Gasteiger partial charge >= 0.3 is 6.09 Å². The molecule has 1 atom stereocenters. The van der Waals surface area contributed by atoms with E-state index in [-0.39, 0.29) is 12.2 Å². The number of likely N-dealkylation sites (tertiary alicyclic amines) is 1. The summed E-state index contributed by atoms with van der Waals surface area (Å²) in [7, 11) is 0. The molecular formula is C17H22F2N2O3. The maximum Gasteiger partial charge on any atom is 0.410 e. The van der Waals surface area contributed by atoms with Gasteiger partial charge in [0.2, 0.25) is 5.91 Å². The van der Waals surface area contributed by atoms with Crippen LogP contribution in [0.4, 0.5) is 19.3 Å². The lowest BCUT2D eigenvalue weighted by Crippen LogP contribution is -2.45. The second-order valence-corrected chi connectivity index (χ2v) is 6.88. The molecule has 0 radical (unpaired) electrons. The molecular weight excluding hydrogens is 318 g/mol. The van der Waals surface area contributed by atoms with Gasteiger partial charge < -0.3 is 15.0 Å². The Morgan fingerprint density at radius 1 is 1.29 bits per heavy atom. The second-order valence-electron chi connectivity index (χ2n) is 6.88. The monoisotopic (exact) mass is 340 g/mol. The zero-order valence-corrected chi connectivity index (χ0v) is 14.1. The molecule has 0 aromatic heterocycles. The number of rotatable bonds is 2. The van der Waals surface area contributed by atoms with Crippen molar-refractivity contribution in [2.75, 3.05) is 18.4 Å². The summed E-state index contributed by atoms with van der Waals surface area (Å²) < 4.78 is 32.1. The molecule has 1 saturated heterocycles. The molecule has 0 bridgehead atoms. The third kappa shape index (κ3) is 4.91. The predicted octanol–water partition coefficient (Wildman–Crippen LogP) is 3.55. The highest BCUT2D eigenvalue weighted by Gasteiger charge is 2.31. The van der Waals surface area contributed by atoms with Crippen molar-refractivity contribution in [1.29, 1.82) is 0 Å². The van der Waals surface area contributed by atoms with Crippen LogP contribution in [-0.2, 0) is 9.53 Å². The minimum Gasteiger partial charge on any atom is -0.444 e. The number of anilines is 1. The van der Waals surface area contributed by atoms with Gasteiger partial charge in [-0.2, -0.15) is 0 Å². The topological polar surface area (TPSA) is 58.6 Å². The molecule has 1 aliphatic heterocycles. The molecule has 132 valence electrons. The largest absolute Gasteiger partial charge is 0.444 e. The molecule has 2 rings (SSSR count). The molecule has 0 spiro atoms. The Morgan fingerprint density at radius 3 is 2.67 bits per heavy atom. The van der Waals surface area contributed by atoms with E-state index in [2.05, 4.69) is 5.32 Å². The average Bonchev–Trinajstić information content (AvgIpc) is 2.49. The van der Waals surface area contributed by atoms with Crippen LogP contribution in [0.5, 0.6) is 0 Å². The van der Waals surface area contributed by atoms with Crippen molar-refractivity contribution >= 4 is 17.7 Å². The SMILES string of the molecule is CC(C)(C)OC(=O)N1CCCC(C(=O)Nc2cc(F)ccc2F)C1.